The molecule has 0 aromatic heterocycles. The summed E-state index contributed by atoms with van der Waals surface area (Å²) in [6, 6.07) is -1.50. The van der Waals surface area contributed by atoms with E-state index in [9.17, 15) is 20.1 Å². The number of carbonyl (C=O) groups is 1. The number of nitrogens with two attached hydrogens (primary N) is 2. The molecule has 2 aliphatic heterocycles. The molecule has 10 N–H and O–H groups in total. The van der Waals surface area contributed by atoms with Crippen LogP contribution in [0.25, 0.3) is 0 Å². The summed E-state index contributed by atoms with van der Waals surface area (Å²) < 4.78 is 24.3. The van der Waals surface area contributed by atoms with E-state index in [-0.39, 0.29) is 43.2 Å². The zero-order chi connectivity index (χ0) is 29.2. The number of aliphatic hydroxyl groups is 3. The van der Waals surface area contributed by atoms with E-state index in [1.807, 2.05) is 19.9 Å². The summed E-state index contributed by atoms with van der Waals surface area (Å²) in [6.45, 7) is 5.90. The third kappa shape index (κ3) is 9.05. The smallest absolute Gasteiger partial charge is 0.220 e. The predicted octanol–water partition coefficient (Wildman–Crippen LogP) is -1.75. The summed E-state index contributed by atoms with van der Waals surface area (Å²) in [5.41, 5.74) is 12.1. The molecule has 1 unspecified atom stereocenters. The van der Waals surface area contributed by atoms with Crippen molar-refractivity contribution in [1.29, 1.82) is 0 Å². The number of likely N-dealkylation sites (N-methyl/N-ethyl adjacent to an activating group) is 1. The maximum Gasteiger partial charge on any atom is 0.220 e. The molecule has 0 spiro atoms. The topological polar surface area (TPSA) is 203 Å². The number of hydrogen-bond donors (Lipinski definition) is 8. The van der Waals surface area contributed by atoms with Gasteiger partial charge in [-0.15, -0.1) is 0 Å². The maximum absolute atomic E-state index is 12.6. The number of rotatable bonds is 14. The van der Waals surface area contributed by atoms with E-state index in [2.05, 4.69) is 16.0 Å². The Morgan fingerprint density at radius 2 is 2.02 bits per heavy atom. The first-order valence-electron chi connectivity index (χ1n) is 14.6. The van der Waals surface area contributed by atoms with Gasteiger partial charge in [0, 0.05) is 38.1 Å². The van der Waals surface area contributed by atoms with E-state index >= 15 is 0 Å². The highest BCUT2D eigenvalue weighted by Gasteiger charge is 2.49. The van der Waals surface area contributed by atoms with Gasteiger partial charge in [-0.3, -0.25) is 4.79 Å². The second kappa shape index (κ2) is 16.3. The molecule has 0 bridgehead atoms. The van der Waals surface area contributed by atoms with Crippen LogP contribution in [0.2, 0.25) is 0 Å². The van der Waals surface area contributed by atoms with Gasteiger partial charge in [-0.05, 0) is 50.8 Å². The quantitative estimate of drug-likeness (QED) is 0.117. The van der Waals surface area contributed by atoms with Gasteiger partial charge < -0.3 is 61.7 Å². The summed E-state index contributed by atoms with van der Waals surface area (Å²) in [5, 5.41) is 41.0. The van der Waals surface area contributed by atoms with Gasteiger partial charge >= 0.3 is 0 Å². The molecule has 1 saturated carbocycles. The van der Waals surface area contributed by atoms with Crippen molar-refractivity contribution >= 4 is 5.91 Å². The van der Waals surface area contributed by atoms with E-state index in [0.29, 0.717) is 39.1 Å². The van der Waals surface area contributed by atoms with Crippen molar-refractivity contribution in [3.8, 4) is 0 Å². The molecule has 13 heteroatoms. The molecule has 2 heterocycles. The first-order chi connectivity index (χ1) is 19.2. The molecule has 3 rings (SSSR count). The molecular weight excluding hydrogens is 522 g/mol. The first kappa shape index (κ1) is 33.1. The van der Waals surface area contributed by atoms with Gasteiger partial charge in [-0.1, -0.05) is 13.8 Å². The number of aliphatic hydroxyl groups excluding tert-OH is 3. The molecule has 40 heavy (non-hydrogen) atoms. The zero-order valence-electron chi connectivity index (χ0n) is 24.0. The van der Waals surface area contributed by atoms with Crippen molar-refractivity contribution in [2.75, 3.05) is 39.9 Å². The van der Waals surface area contributed by atoms with Crippen molar-refractivity contribution in [3.63, 3.8) is 0 Å². The molecule has 232 valence electrons. The highest BCUT2D eigenvalue weighted by Crippen LogP contribution is 2.31. The fraction of sp³-hybridized carbons (Fsp3) is 0.889. The monoisotopic (exact) mass is 573 g/mol. The average Bonchev–Trinajstić information content (AvgIpc) is 2.93. The van der Waals surface area contributed by atoms with Crippen molar-refractivity contribution in [1.82, 2.24) is 16.0 Å². The number of allylic oxidation sites excluding steroid dienone is 1. The minimum absolute atomic E-state index is 0.0550. The molecule has 0 radical (unpaired) electrons. The van der Waals surface area contributed by atoms with Crippen LogP contribution in [0, 0.1) is 11.8 Å². The summed E-state index contributed by atoms with van der Waals surface area (Å²) in [5.74, 6) is 0.692. The number of amides is 1. The van der Waals surface area contributed by atoms with E-state index in [1.54, 1.807) is 7.05 Å². The number of ether oxygens (including phenoxy) is 4. The van der Waals surface area contributed by atoms with Crippen LogP contribution in [0.5, 0.6) is 0 Å². The first-order valence-corrected chi connectivity index (χ1v) is 14.6. The summed E-state index contributed by atoms with van der Waals surface area (Å²) in [7, 11) is 1.77. The van der Waals surface area contributed by atoms with Crippen molar-refractivity contribution in [2.24, 2.45) is 23.3 Å². The molecule has 13 nitrogen and oxygen atoms in total. The Morgan fingerprint density at radius 3 is 2.73 bits per heavy atom. The molecule has 1 saturated heterocycles. The van der Waals surface area contributed by atoms with Gasteiger partial charge in [0.25, 0.3) is 0 Å². The van der Waals surface area contributed by atoms with E-state index in [1.165, 1.54) is 0 Å². The van der Waals surface area contributed by atoms with Gasteiger partial charge in [0.15, 0.2) is 12.6 Å². The van der Waals surface area contributed by atoms with Gasteiger partial charge in [-0.2, -0.15) is 0 Å². The second-order valence-corrected chi connectivity index (χ2v) is 11.4. The molecule has 0 aromatic rings. The van der Waals surface area contributed by atoms with Crippen molar-refractivity contribution in [2.45, 2.75) is 101 Å². The molecule has 3 aliphatic rings. The predicted molar refractivity (Wildman–Crippen MR) is 148 cm³/mol. The van der Waals surface area contributed by atoms with Crippen LogP contribution in [-0.4, -0.2) is 116 Å². The summed E-state index contributed by atoms with van der Waals surface area (Å²) >= 11 is 0. The Labute approximate surface area is 237 Å². The number of carbonyl (C=O) groups excluding carboxylic acids is 1. The Morgan fingerprint density at radius 1 is 1.25 bits per heavy atom. The Balaban J connectivity index is 1.69. The molecule has 0 aromatic carbocycles. The molecule has 11 atom stereocenters. The standard InChI is InChI=1S/C27H51N5O8/c1-15(13-33)11-31-12-17-6-4-8-21(38-17)39-25-18(29)10-19(32-20(34)7-5-9-28)26(24(25)36)40-27-23(35)22(30-3)16(2)14-37-27/h6,15-16,18-19,21-27,30-31,33,35-36H,4-5,7-14,28-29H2,1-3H3,(H,32,34)/t15?,16-,18+,19-,21-,22+,23-,24+,25-,26+,27-/m1/s1. The van der Waals surface area contributed by atoms with Crippen LogP contribution in [0.4, 0.5) is 0 Å². The Kier molecular flexibility index (Phi) is 13.5. The van der Waals surface area contributed by atoms with Crippen molar-refractivity contribution in [3.05, 3.63) is 11.8 Å². The lowest BCUT2D eigenvalue weighted by atomic mass is 9.83. The van der Waals surface area contributed by atoms with Gasteiger partial charge in [-0.25, -0.2) is 0 Å². The average molecular weight is 574 g/mol. The van der Waals surface area contributed by atoms with Crippen LogP contribution in [-0.2, 0) is 23.7 Å². The largest absolute Gasteiger partial charge is 0.468 e. The SMILES string of the molecule is CN[C@@H]1[C@@H](O)[C@@H](O[C@@H]2[C@@H](O)[C@H](O[C@@H]3CCC=C(CNCC(C)CO)O3)[C@@H](N)C[C@H]2NC(=O)CCCN)OC[C@H]1C. The van der Waals surface area contributed by atoms with Crippen LogP contribution >= 0.6 is 0 Å². The third-order valence-corrected chi connectivity index (χ3v) is 7.85. The fourth-order valence-corrected chi connectivity index (χ4v) is 5.51. The van der Waals surface area contributed by atoms with Gasteiger partial charge in [0.05, 0.1) is 19.2 Å². The summed E-state index contributed by atoms with van der Waals surface area (Å²) in [4.78, 5) is 12.6. The number of hydrogen-bond acceptors (Lipinski definition) is 12. The lowest BCUT2D eigenvalue weighted by Gasteiger charge is -2.47. The second-order valence-electron chi connectivity index (χ2n) is 11.4. The van der Waals surface area contributed by atoms with Crippen molar-refractivity contribution < 1.29 is 39.1 Å². The normalized spacial score (nSPS) is 37.4. The minimum Gasteiger partial charge on any atom is -0.468 e. The zero-order valence-corrected chi connectivity index (χ0v) is 24.0. The Hall–Kier alpha value is -1.39. The van der Waals surface area contributed by atoms with Crippen LogP contribution in [0.1, 0.15) is 46.0 Å². The molecule has 2 fully saturated rings. The summed E-state index contributed by atoms with van der Waals surface area (Å²) in [6.07, 6.45) is -1.27. The van der Waals surface area contributed by atoms with E-state index in [4.69, 9.17) is 30.4 Å². The lowest BCUT2D eigenvalue weighted by Crippen LogP contribution is -2.67. The van der Waals surface area contributed by atoms with E-state index < -0.39 is 49.1 Å². The van der Waals surface area contributed by atoms with E-state index in [0.717, 1.165) is 12.2 Å². The molecular formula is C27H51N5O8. The molecule has 1 amide bonds. The lowest BCUT2D eigenvalue weighted by molar-refractivity contribution is -0.286. The third-order valence-electron chi connectivity index (χ3n) is 7.85. The maximum atomic E-state index is 12.6. The highest BCUT2D eigenvalue weighted by molar-refractivity contribution is 5.76. The number of nitrogens with one attached hydrogen (secondary N) is 3. The van der Waals surface area contributed by atoms with Crippen LogP contribution < -0.4 is 27.4 Å². The van der Waals surface area contributed by atoms with Gasteiger partial charge in [0.2, 0.25) is 5.91 Å². The highest BCUT2D eigenvalue weighted by atomic mass is 16.7. The Bertz CT molecular complexity index is 807. The molecule has 1 aliphatic carbocycles. The van der Waals surface area contributed by atoms with Crippen LogP contribution in [0.3, 0.4) is 0 Å². The minimum atomic E-state index is -1.23. The van der Waals surface area contributed by atoms with Gasteiger partial charge in [0.1, 0.15) is 30.2 Å². The fourth-order valence-electron chi connectivity index (χ4n) is 5.51. The van der Waals surface area contributed by atoms with Crippen LogP contribution in [0.15, 0.2) is 11.8 Å².